The van der Waals surface area contributed by atoms with E-state index in [1.807, 2.05) is 0 Å². The van der Waals surface area contributed by atoms with Crippen LogP contribution in [0, 0.1) is 11.6 Å². The van der Waals surface area contributed by atoms with E-state index in [-0.39, 0.29) is 44.9 Å². The van der Waals surface area contributed by atoms with Gasteiger partial charge in [0.1, 0.15) is 23.1 Å². The molecule has 0 aliphatic carbocycles. The van der Waals surface area contributed by atoms with Crippen LogP contribution in [0.4, 0.5) is 8.78 Å². The predicted octanol–water partition coefficient (Wildman–Crippen LogP) is 4.77. The van der Waals surface area contributed by atoms with E-state index in [0.29, 0.717) is 0 Å². The van der Waals surface area contributed by atoms with E-state index in [1.165, 1.54) is 48.5 Å². The van der Waals surface area contributed by atoms with Crippen molar-refractivity contribution in [3.63, 3.8) is 0 Å². The van der Waals surface area contributed by atoms with Crippen LogP contribution in [0.3, 0.4) is 0 Å². The van der Waals surface area contributed by atoms with Gasteiger partial charge in [0.2, 0.25) is 0 Å². The Morgan fingerprint density at radius 3 is 1.18 bits per heavy atom. The maximum absolute atomic E-state index is 13.6. The third-order valence-corrected chi connectivity index (χ3v) is 6.46. The summed E-state index contributed by atoms with van der Waals surface area (Å²) in [6.07, 6.45) is 1.64. The molecule has 0 atom stereocenters. The average Bonchev–Trinajstić information content (AvgIpc) is 2.87. The van der Waals surface area contributed by atoms with Crippen LogP contribution in [0.25, 0.3) is 11.1 Å². The second-order valence-electron chi connectivity index (χ2n) is 8.66. The van der Waals surface area contributed by atoms with Crippen LogP contribution in [0.15, 0.2) is 84.9 Å². The third-order valence-electron chi connectivity index (χ3n) is 5.47. The molecule has 0 spiro atoms. The Hall–Kier alpha value is -4.42. The minimum atomic E-state index is -3.97. The molecule has 0 fully saturated rings. The standard InChI is InChI=1S/C28H20F2O8S2/c1-39(33,34)37-21-11-13-23(25(15-21)27(31)17-3-7-19(29)8-4-17)24-14-12-22(38-40(2,35)36)16-26(24)28(32)18-5-9-20(30)10-6-18/h3-16H,1-2H3. The van der Waals surface area contributed by atoms with Crippen molar-refractivity contribution < 1.29 is 43.6 Å². The fraction of sp³-hybridized carbons (Fsp3) is 0.0714. The first kappa shape index (κ1) is 28.6. The molecule has 0 saturated heterocycles. The fourth-order valence-electron chi connectivity index (χ4n) is 3.86. The topological polar surface area (TPSA) is 121 Å². The van der Waals surface area contributed by atoms with Gasteiger partial charge in [-0.25, -0.2) is 8.78 Å². The van der Waals surface area contributed by atoms with Crippen molar-refractivity contribution in [2.45, 2.75) is 0 Å². The van der Waals surface area contributed by atoms with E-state index >= 15 is 0 Å². The summed E-state index contributed by atoms with van der Waals surface area (Å²) in [7, 11) is -7.94. The predicted molar refractivity (Wildman–Crippen MR) is 142 cm³/mol. The van der Waals surface area contributed by atoms with Crippen molar-refractivity contribution in [2.24, 2.45) is 0 Å². The van der Waals surface area contributed by atoms with E-state index in [0.717, 1.165) is 48.9 Å². The molecule has 0 aromatic heterocycles. The van der Waals surface area contributed by atoms with Crippen molar-refractivity contribution in [3.8, 4) is 22.6 Å². The Morgan fingerprint density at radius 1 is 0.550 bits per heavy atom. The van der Waals surface area contributed by atoms with Gasteiger partial charge in [-0.15, -0.1) is 0 Å². The second-order valence-corrected chi connectivity index (χ2v) is 11.8. The van der Waals surface area contributed by atoms with Crippen LogP contribution >= 0.6 is 0 Å². The SMILES string of the molecule is CS(=O)(=O)Oc1ccc(-c2ccc(OS(C)(=O)=O)cc2C(=O)c2ccc(F)cc2)c(C(=O)c2ccc(F)cc2)c1. The molecule has 0 radical (unpaired) electrons. The summed E-state index contributed by atoms with van der Waals surface area (Å²) in [5.74, 6) is -2.85. The van der Waals surface area contributed by atoms with Crippen LogP contribution in [-0.2, 0) is 20.2 Å². The van der Waals surface area contributed by atoms with E-state index in [1.54, 1.807) is 0 Å². The summed E-state index contributed by atoms with van der Waals surface area (Å²) in [6.45, 7) is 0. The minimum absolute atomic E-state index is 0.0580. The first-order valence-electron chi connectivity index (χ1n) is 11.4. The van der Waals surface area contributed by atoms with Crippen molar-refractivity contribution in [2.75, 3.05) is 12.5 Å². The van der Waals surface area contributed by atoms with E-state index in [9.17, 15) is 35.2 Å². The van der Waals surface area contributed by atoms with Gasteiger partial charge < -0.3 is 8.37 Å². The Morgan fingerprint density at radius 2 is 0.875 bits per heavy atom. The lowest BCUT2D eigenvalue weighted by Crippen LogP contribution is -2.11. The lowest BCUT2D eigenvalue weighted by atomic mass is 9.88. The summed E-state index contributed by atoms with van der Waals surface area (Å²) in [4.78, 5) is 27.1. The Kier molecular flexibility index (Phi) is 7.85. The quantitative estimate of drug-likeness (QED) is 0.203. The maximum Gasteiger partial charge on any atom is 0.306 e. The summed E-state index contributed by atoms with van der Waals surface area (Å²) >= 11 is 0. The summed E-state index contributed by atoms with van der Waals surface area (Å²) in [5, 5.41) is 0. The number of hydrogen-bond donors (Lipinski definition) is 0. The van der Waals surface area contributed by atoms with Crippen LogP contribution < -0.4 is 8.37 Å². The monoisotopic (exact) mass is 586 g/mol. The highest BCUT2D eigenvalue weighted by atomic mass is 32.2. The number of rotatable bonds is 9. The first-order valence-corrected chi connectivity index (χ1v) is 15.0. The van der Waals surface area contributed by atoms with E-state index in [2.05, 4.69) is 0 Å². The van der Waals surface area contributed by atoms with Crippen LogP contribution in [0.2, 0.25) is 0 Å². The lowest BCUT2D eigenvalue weighted by molar-refractivity contribution is 0.102. The summed E-state index contributed by atoms with van der Waals surface area (Å²) in [5.41, 5.74) is 0.207. The Labute approximate surface area is 229 Å². The maximum atomic E-state index is 13.6. The molecule has 40 heavy (non-hydrogen) atoms. The van der Waals surface area contributed by atoms with Crippen molar-refractivity contribution >= 4 is 31.8 Å². The molecule has 4 aromatic rings. The highest BCUT2D eigenvalue weighted by Gasteiger charge is 2.23. The van der Waals surface area contributed by atoms with Crippen molar-refractivity contribution in [1.29, 1.82) is 0 Å². The normalized spacial score (nSPS) is 11.6. The molecular weight excluding hydrogens is 566 g/mol. The molecule has 0 heterocycles. The van der Waals surface area contributed by atoms with E-state index in [4.69, 9.17) is 8.37 Å². The van der Waals surface area contributed by atoms with Gasteiger partial charge in [-0.3, -0.25) is 9.59 Å². The van der Waals surface area contributed by atoms with Gasteiger partial charge in [-0.05, 0) is 96.1 Å². The molecule has 206 valence electrons. The molecule has 0 bridgehead atoms. The van der Waals surface area contributed by atoms with E-state index < -0.39 is 43.4 Å². The molecule has 0 saturated carbocycles. The van der Waals surface area contributed by atoms with Gasteiger partial charge >= 0.3 is 20.2 Å². The molecule has 0 aliphatic heterocycles. The first-order chi connectivity index (χ1) is 18.7. The van der Waals surface area contributed by atoms with Crippen molar-refractivity contribution in [1.82, 2.24) is 0 Å². The van der Waals surface area contributed by atoms with Crippen LogP contribution in [0.1, 0.15) is 31.8 Å². The summed E-state index contributed by atoms with van der Waals surface area (Å²) < 4.78 is 83.9. The van der Waals surface area contributed by atoms with Gasteiger partial charge in [0.25, 0.3) is 0 Å². The minimum Gasteiger partial charge on any atom is -0.383 e. The molecule has 0 N–H and O–H groups in total. The average molecular weight is 587 g/mol. The van der Waals surface area contributed by atoms with Crippen LogP contribution in [0.5, 0.6) is 11.5 Å². The number of carbonyl (C=O) groups excluding carboxylic acids is 2. The van der Waals surface area contributed by atoms with Crippen molar-refractivity contribution in [3.05, 3.63) is 119 Å². The molecule has 4 aromatic carbocycles. The fourth-order valence-corrected chi connectivity index (χ4v) is 4.77. The zero-order valence-corrected chi connectivity index (χ0v) is 22.6. The van der Waals surface area contributed by atoms with Gasteiger partial charge in [0, 0.05) is 22.3 Å². The molecule has 0 unspecified atom stereocenters. The van der Waals surface area contributed by atoms with Gasteiger partial charge in [0.05, 0.1) is 12.5 Å². The Balaban J connectivity index is 1.96. The molecule has 8 nitrogen and oxygen atoms in total. The smallest absolute Gasteiger partial charge is 0.306 e. The van der Waals surface area contributed by atoms with Gasteiger partial charge in [-0.1, -0.05) is 0 Å². The second kappa shape index (κ2) is 11.0. The zero-order valence-electron chi connectivity index (χ0n) is 20.9. The third kappa shape index (κ3) is 6.96. The number of hydrogen-bond acceptors (Lipinski definition) is 8. The Bertz CT molecular complexity index is 1700. The largest absolute Gasteiger partial charge is 0.383 e. The molecule has 0 amide bonds. The zero-order chi connectivity index (χ0) is 29.2. The lowest BCUT2D eigenvalue weighted by Gasteiger charge is -2.16. The molecule has 0 aliphatic rings. The number of benzene rings is 4. The molecule has 12 heteroatoms. The number of halogens is 2. The van der Waals surface area contributed by atoms with Crippen LogP contribution in [-0.4, -0.2) is 40.9 Å². The molecular formula is C28H20F2O8S2. The van der Waals surface area contributed by atoms with Gasteiger partial charge in [-0.2, -0.15) is 16.8 Å². The number of carbonyl (C=O) groups is 2. The molecule has 4 rings (SSSR count). The highest BCUT2D eigenvalue weighted by molar-refractivity contribution is 7.86. The summed E-state index contributed by atoms with van der Waals surface area (Å²) in [6, 6.07) is 16.8. The van der Waals surface area contributed by atoms with Gasteiger partial charge in [0.15, 0.2) is 11.6 Å². The number of ketones is 2. The highest BCUT2D eigenvalue weighted by Crippen LogP contribution is 2.35.